The number of hydrogen-bond acceptors (Lipinski definition) is 3. The van der Waals surface area contributed by atoms with Crippen LogP contribution in [0.15, 0.2) is 40.6 Å². The average molecular weight is 285 g/mol. The molecule has 0 saturated carbocycles. The topological polar surface area (TPSA) is 46.5 Å². The zero-order valence-electron chi connectivity index (χ0n) is 8.94. The van der Waals surface area contributed by atoms with Crippen LogP contribution in [0.2, 0.25) is 0 Å². The average Bonchev–Trinajstić information content (AvgIpc) is 2.20. The lowest BCUT2D eigenvalue weighted by Crippen LogP contribution is -2.05. The summed E-state index contributed by atoms with van der Waals surface area (Å²) in [6.45, 7) is 1.74. The minimum Gasteiger partial charge on any atom is -0.512 e. The Bertz CT molecular complexity index is 378. The Morgan fingerprint density at radius 2 is 2.06 bits per heavy atom. The highest BCUT2D eigenvalue weighted by Crippen LogP contribution is 2.10. The number of aliphatic hydroxyl groups is 1. The SMILES string of the molecule is C/C(O)=C/C(=O)OCCc1ccc(Br)cc1. The molecule has 1 N–H and O–H groups in total. The lowest BCUT2D eigenvalue weighted by molar-refractivity contribution is -0.137. The van der Waals surface area contributed by atoms with Crippen LogP contribution in [0.1, 0.15) is 12.5 Å². The molecule has 0 aliphatic rings. The molecule has 0 fully saturated rings. The predicted molar refractivity (Wildman–Crippen MR) is 65.2 cm³/mol. The number of rotatable bonds is 4. The third kappa shape index (κ3) is 4.98. The molecule has 0 spiro atoms. The first-order chi connectivity index (χ1) is 7.58. The second kappa shape index (κ2) is 6.33. The number of benzene rings is 1. The zero-order chi connectivity index (χ0) is 12.0. The quantitative estimate of drug-likeness (QED) is 0.525. The van der Waals surface area contributed by atoms with Crippen LogP contribution in [0, 0.1) is 0 Å². The summed E-state index contributed by atoms with van der Waals surface area (Å²) in [4.78, 5) is 11.0. The van der Waals surface area contributed by atoms with Gasteiger partial charge in [-0.3, -0.25) is 0 Å². The molecule has 0 aliphatic heterocycles. The Hall–Kier alpha value is -1.29. The highest BCUT2D eigenvalue weighted by molar-refractivity contribution is 9.10. The van der Waals surface area contributed by atoms with Gasteiger partial charge in [0.1, 0.15) is 0 Å². The van der Waals surface area contributed by atoms with Crippen molar-refractivity contribution < 1.29 is 14.6 Å². The van der Waals surface area contributed by atoms with E-state index < -0.39 is 5.97 Å². The van der Waals surface area contributed by atoms with Crippen molar-refractivity contribution in [1.29, 1.82) is 0 Å². The summed E-state index contributed by atoms with van der Waals surface area (Å²) in [5, 5.41) is 8.82. The van der Waals surface area contributed by atoms with Crippen LogP contribution >= 0.6 is 15.9 Å². The Labute approximate surface area is 103 Å². The third-order valence-electron chi connectivity index (χ3n) is 1.88. The molecule has 1 aromatic rings. The van der Waals surface area contributed by atoms with Crippen LogP contribution in [0.5, 0.6) is 0 Å². The van der Waals surface area contributed by atoms with Gasteiger partial charge in [0, 0.05) is 10.9 Å². The molecule has 0 unspecified atom stereocenters. The number of carbonyl (C=O) groups excluding carboxylic acids is 1. The van der Waals surface area contributed by atoms with Crippen molar-refractivity contribution in [3.8, 4) is 0 Å². The van der Waals surface area contributed by atoms with E-state index in [1.165, 1.54) is 6.92 Å². The minimum atomic E-state index is -0.517. The summed E-state index contributed by atoms with van der Waals surface area (Å²) in [7, 11) is 0. The van der Waals surface area contributed by atoms with Crippen molar-refractivity contribution in [2.75, 3.05) is 6.61 Å². The van der Waals surface area contributed by atoms with Crippen LogP contribution in [-0.4, -0.2) is 17.7 Å². The minimum absolute atomic E-state index is 0.0476. The molecule has 0 atom stereocenters. The van der Waals surface area contributed by atoms with E-state index in [0.717, 1.165) is 16.1 Å². The fourth-order valence-electron chi connectivity index (χ4n) is 1.13. The molecule has 16 heavy (non-hydrogen) atoms. The molecule has 1 aromatic carbocycles. The Morgan fingerprint density at radius 3 is 2.62 bits per heavy atom. The Morgan fingerprint density at radius 1 is 1.44 bits per heavy atom. The number of ether oxygens (including phenoxy) is 1. The third-order valence-corrected chi connectivity index (χ3v) is 2.40. The summed E-state index contributed by atoms with van der Waals surface area (Å²) in [5.41, 5.74) is 1.10. The molecule has 3 nitrogen and oxygen atoms in total. The number of aliphatic hydroxyl groups excluding tert-OH is 1. The largest absolute Gasteiger partial charge is 0.512 e. The van der Waals surface area contributed by atoms with Crippen LogP contribution in [0.4, 0.5) is 0 Å². The van der Waals surface area contributed by atoms with Crippen molar-refractivity contribution in [2.24, 2.45) is 0 Å². The fourth-order valence-corrected chi connectivity index (χ4v) is 1.40. The number of esters is 1. The van der Waals surface area contributed by atoms with Gasteiger partial charge in [0.25, 0.3) is 0 Å². The maximum absolute atomic E-state index is 11.0. The normalized spacial score (nSPS) is 11.2. The van der Waals surface area contributed by atoms with Gasteiger partial charge in [-0.15, -0.1) is 0 Å². The standard InChI is InChI=1S/C12H13BrO3/c1-9(14)8-12(15)16-7-6-10-2-4-11(13)5-3-10/h2-5,8,14H,6-7H2,1H3/b9-8-. The van der Waals surface area contributed by atoms with Gasteiger partial charge in [-0.2, -0.15) is 0 Å². The lowest BCUT2D eigenvalue weighted by atomic mass is 10.2. The number of hydrogen-bond donors (Lipinski definition) is 1. The van der Waals surface area contributed by atoms with Crippen molar-refractivity contribution in [2.45, 2.75) is 13.3 Å². The van der Waals surface area contributed by atoms with Crippen molar-refractivity contribution in [1.82, 2.24) is 0 Å². The molecular formula is C12H13BrO3. The molecule has 0 radical (unpaired) electrons. The predicted octanol–water partition coefficient (Wildman–Crippen LogP) is 3.00. The van der Waals surface area contributed by atoms with Crippen molar-refractivity contribution in [3.63, 3.8) is 0 Å². The van der Waals surface area contributed by atoms with E-state index in [-0.39, 0.29) is 5.76 Å². The maximum atomic E-state index is 11.0. The smallest absolute Gasteiger partial charge is 0.334 e. The molecule has 1 rings (SSSR count). The molecule has 0 aromatic heterocycles. The van der Waals surface area contributed by atoms with Crippen LogP contribution in [0.25, 0.3) is 0 Å². The molecule has 0 aliphatic carbocycles. The van der Waals surface area contributed by atoms with Crippen LogP contribution in [0.3, 0.4) is 0 Å². The number of carbonyl (C=O) groups is 1. The molecule has 86 valence electrons. The summed E-state index contributed by atoms with van der Waals surface area (Å²) in [6.07, 6.45) is 1.72. The zero-order valence-corrected chi connectivity index (χ0v) is 10.5. The van der Waals surface area contributed by atoms with E-state index in [2.05, 4.69) is 15.9 Å². The lowest BCUT2D eigenvalue weighted by Gasteiger charge is -2.02. The Balaban J connectivity index is 2.33. The maximum Gasteiger partial charge on any atom is 0.334 e. The van der Waals surface area contributed by atoms with E-state index in [1.807, 2.05) is 24.3 Å². The fraction of sp³-hybridized carbons (Fsp3) is 0.250. The van der Waals surface area contributed by atoms with Gasteiger partial charge in [-0.05, 0) is 24.6 Å². The summed E-state index contributed by atoms with van der Waals surface area (Å²) >= 11 is 3.34. The van der Waals surface area contributed by atoms with Gasteiger partial charge in [-0.1, -0.05) is 28.1 Å². The van der Waals surface area contributed by atoms with Gasteiger partial charge >= 0.3 is 5.97 Å². The molecule has 0 amide bonds. The molecular weight excluding hydrogens is 272 g/mol. The number of halogens is 1. The molecule has 0 heterocycles. The highest BCUT2D eigenvalue weighted by Gasteiger charge is 1.99. The summed E-state index contributed by atoms with van der Waals surface area (Å²) in [5.74, 6) is -0.564. The first-order valence-corrected chi connectivity index (χ1v) is 5.65. The second-order valence-electron chi connectivity index (χ2n) is 3.33. The molecule has 0 saturated heterocycles. The number of allylic oxidation sites excluding steroid dienone is 1. The van der Waals surface area contributed by atoms with Crippen LogP contribution in [-0.2, 0) is 16.0 Å². The molecule has 4 heteroatoms. The van der Waals surface area contributed by atoms with E-state index in [9.17, 15) is 4.79 Å². The van der Waals surface area contributed by atoms with Gasteiger partial charge in [0.05, 0.1) is 18.4 Å². The van der Waals surface area contributed by atoms with E-state index >= 15 is 0 Å². The van der Waals surface area contributed by atoms with E-state index in [1.54, 1.807) is 0 Å². The van der Waals surface area contributed by atoms with E-state index in [0.29, 0.717) is 13.0 Å². The Kier molecular flexibility index (Phi) is 5.05. The van der Waals surface area contributed by atoms with Gasteiger partial charge < -0.3 is 9.84 Å². The van der Waals surface area contributed by atoms with E-state index in [4.69, 9.17) is 9.84 Å². The van der Waals surface area contributed by atoms with Crippen LogP contribution < -0.4 is 0 Å². The summed E-state index contributed by atoms with van der Waals surface area (Å²) < 4.78 is 5.92. The van der Waals surface area contributed by atoms with Crippen molar-refractivity contribution >= 4 is 21.9 Å². The monoisotopic (exact) mass is 284 g/mol. The van der Waals surface area contributed by atoms with Gasteiger partial charge in [0.15, 0.2) is 0 Å². The summed E-state index contributed by atoms with van der Waals surface area (Å²) in [6, 6.07) is 7.81. The van der Waals surface area contributed by atoms with Gasteiger partial charge in [0.2, 0.25) is 0 Å². The molecule has 0 bridgehead atoms. The highest BCUT2D eigenvalue weighted by atomic mass is 79.9. The first-order valence-electron chi connectivity index (χ1n) is 4.86. The second-order valence-corrected chi connectivity index (χ2v) is 4.25. The van der Waals surface area contributed by atoms with Gasteiger partial charge in [-0.25, -0.2) is 4.79 Å². The van der Waals surface area contributed by atoms with Crippen molar-refractivity contribution in [3.05, 3.63) is 46.1 Å². The first kappa shape index (κ1) is 12.8.